The summed E-state index contributed by atoms with van der Waals surface area (Å²) in [6.45, 7) is 0. The molecule has 84 valence electrons. The molecule has 0 saturated carbocycles. The van der Waals surface area contributed by atoms with Crippen molar-refractivity contribution in [2.45, 2.75) is 18.9 Å². The van der Waals surface area contributed by atoms with Gasteiger partial charge >= 0.3 is 0 Å². The number of methoxy groups -OCH3 is 1. The maximum atomic E-state index is 6.05. The molecule has 2 N–H and O–H groups in total. The van der Waals surface area contributed by atoms with Crippen molar-refractivity contribution in [2.75, 3.05) is 19.1 Å². The summed E-state index contributed by atoms with van der Waals surface area (Å²) in [5.74, 6) is 2.06. The van der Waals surface area contributed by atoms with Crippen LogP contribution in [0, 0.1) is 0 Å². The Bertz CT molecular complexity index is 291. The number of hydrogen-bond donors (Lipinski definition) is 1. The quantitative estimate of drug-likeness (QED) is 0.807. The number of nitrogens with two attached hydrogens (primary N) is 1. The molecule has 1 unspecified atom stereocenters. The van der Waals surface area contributed by atoms with E-state index in [0.717, 1.165) is 24.3 Å². The summed E-state index contributed by atoms with van der Waals surface area (Å²) < 4.78 is 5.29. The highest BCUT2D eigenvalue weighted by atomic mass is 32.2. The monoisotopic (exact) mass is 225 g/mol. The topological polar surface area (TPSA) is 35.2 Å². The number of rotatable bonds is 6. The minimum absolute atomic E-state index is 0.230. The van der Waals surface area contributed by atoms with Crippen LogP contribution in [0.25, 0.3) is 0 Å². The molecule has 2 nitrogen and oxygen atoms in total. The molecule has 1 atom stereocenters. The lowest BCUT2D eigenvalue weighted by Gasteiger charge is -2.13. The number of para-hydroxylation sites is 1. The largest absolute Gasteiger partial charge is 0.496 e. The summed E-state index contributed by atoms with van der Waals surface area (Å²) in [6, 6.07) is 8.30. The molecule has 0 aromatic heterocycles. The molecule has 0 heterocycles. The molecular weight excluding hydrogens is 206 g/mol. The van der Waals surface area contributed by atoms with E-state index in [-0.39, 0.29) is 6.04 Å². The fraction of sp³-hybridized carbons (Fsp3) is 0.500. The molecule has 0 radical (unpaired) electrons. The van der Waals surface area contributed by atoms with E-state index in [1.807, 2.05) is 30.0 Å². The van der Waals surface area contributed by atoms with E-state index in [1.54, 1.807) is 7.11 Å². The van der Waals surface area contributed by atoms with Crippen LogP contribution in [0.3, 0.4) is 0 Å². The number of benzene rings is 1. The molecule has 3 heteroatoms. The van der Waals surface area contributed by atoms with Crippen LogP contribution in [0.15, 0.2) is 24.3 Å². The van der Waals surface area contributed by atoms with Gasteiger partial charge in [0.25, 0.3) is 0 Å². The van der Waals surface area contributed by atoms with E-state index >= 15 is 0 Å². The fourth-order valence-corrected chi connectivity index (χ4v) is 2.06. The van der Waals surface area contributed by atoms with Crippen molar-refractivity contribution in [1.82, 2.24) is 0 Å². The van der Waals surface area contributed by atoms with Gasteiger partial charge in [0, 0.05) is 6.04 Å². The lowest BCUT2D eigenvalue weighted by atomic mass is 10.0. The molecule has 0 bridgehead atoms. The van der Waals surface area contributed by atoms with Gasteiger partial charge in [-0.05, 0) is 36.5 Å². The highest BCUT2D eigenvalue weighted by Crippen LogP contribution is 2.19. The molecule has 0 spiro atoms. The van der Waals surface area contributed by atoms with E-state index in [9.17, 15) is 0 Å². The molecule has 1 rings (SSSR count). The summed E-state index contributed by atoms with van der Waals surface area (Å²) in [6.07, 6.45) is 4.06. The van der Waals surface area contributed by atoms with Crippen molar-refractivity contribution in [2.24, 2.45) is 5.73 Å². The molecular formula is C12H19NOS. The SMILES string of the molecule is COc1ccccc1CC(N)CCSC. The molecule has 0 aliphatic rings. The van der Waals surface area contributed by atoms with Crippen molar-refractivity contribution in [1.29, 1.82) is 0 Å². The maximum absolute atomic E-state index is 6.05. The van der Waals surface area contributed by atoms with Gasteiger partial charge < -0.3 is 10.5 Å². The summed E-state index contributed by atoms with van der Waals surface area (Å²) in [7, 11) is 1.70. The van der Waals surface area contributed by atoms with Crippen LogP contribution < -0.4 is 10.5 Å². The Labute approximate surface area is 96.2 Å². The zero-order valence-corrected chi connectivity index (χ0v) is 10.2. The second-order valence-corrected chi connectivity index (χ2v) is 4.54. The van der Waals surface area contributed by atoms with Gasteiger partial charge in [0.05, 0.1) is 7.11 Å². The zero-order valence-electron chi connectivity index (χ0n) is 9.40. The van der Waals surface area contributed by atoms with Gasteiger partial charge in [-0.3, -0.25) is 0 Å². The van der Waals surface area contributed by atoms with Gasteiger partial charge in [0.2, 0.25) is 0 Å². The van der Waals surface area contributed by atoms with E-state index < -0.39 is 0 Å². The molecule has 0 saturated heterocycles. The Kier molecular flexibility index (Phi) is 5.58. The minimum atomic E-state index is 0.230. The third-order valence-corrected chi connectivity index (χ3v) is 3.01. The summed E-state index contributed by atoms with van der Waals surface area (Å²) in [4.78, 5) is 0. The first-order valence-corrected chi connectivity index (χ1v) is 6.53. The van der Waals surface area contributed by atoms with Crippen LogP contribution >= 0.6 is 11.8 Å². The Morgan fingerprint density at radius 2 is 2.13 bits per heavy atom. The van der Waals surface area contributed by atoms with Crippen LogP contribution in [-0.2, 0) is 6.42 Å². The summed E-state index contributed by atoms with van der Waals surface area (Å²) in [5, 5.41) is 0. The zero-order chi connectivity index (χ0) is 11.1. The number of hydrogen-bond acceptors (Lipinski definition) is 3. The van der Waals surface area contributed by atoms with Gasteiger partial charge in [0.1, 0.15) is 5.75 Å². The molecule has 0 aliphatic carbocycles. The highest BCUT2D eigenvalue weighted by molar-refractivity contribution is 7.98. The predicted octanol–water partition coefficient (Wildman–Crippen LogP) is 2.32. The molecule has 15 heavy (non-hydrogen) atoms. The third kappa shape index (κ3) is 4.14. The van der Waals surface area contributed by atoms with Crippen molar-refractivity contribution in [3.8, 4) is 5.75 Å². The number of ether oxygens (including phenoxy) is 1. The first-order chi connectivity index (χ1) is 7.27. The minimum Gasteiger partial charge on any atom is -0.496 e. The normalized spacial score (nSPS) is 12.5. The van der Waals surface area contributed by atoms with Crippen LogP contribution in [0.4, 0.5) is 0 Å². The van der Waals surface area contributed by atoms with Gasteiger partial charge in [0.15, 0.2) is 0 Å². The fourth-order valence-electron chi connectivity index (χ4n) is 1.53. The van der Waals surface area contributed by atoms with Crippen LogP contribution in [-0.4, -0.2) is 25.2 Å². The number of thioether (sulfide) groups is 1. The van der Waals surface area contributed by atoms with Gasteiger partial charge in [-0.25, -0.2) is 0 Å². The average Bonchev–Trinajstić information content (AvgIpc) is 2.27. The van der Waals surface area contributed by atoms with E-state index in [0.29, 0.717) is 0 Å². The third-order valence-electron chi connectivity index (χ3n) is 2.37. The summed E-state index contributed by atoms with van der Waals surface area (Å²) >= 11 is 1.84. The molecule has 1 aromatic carbocycles. The van der Waals surface area contributed by atoms with Gasteiger partial charge in [-0.1, -0.05) is 18.2 Å². The molecule has 0 fully saturated rings. The standard InChI is InChI=1S/C12H19NOS/c1-14-12-6-4-3-5-10(12)9-11(13)7-8-15-2/h3-6,11H,7-9,13H2,1-2H3. The predicted molar refractivity (Wildman–Crippen MR) is 67.7 cm³/mol. The van der Waals surface area contributed by atoms with Crippen molar-refractivity contribution in [3.63, 3.8) is 0 Å². The first-order valence-electron chi connectivity index (χ1n) is 5.14. The van der Waals surface area contributed by atoms with Crippen molar-refractivity contribution < 1.29 is 4.74 Å². The molecule has 0 aliphatic heterocycles. The second kappa shape index (κ2) is 6.75. The molecule has 1 aromatic rings. The first kappa shape index (κ1) is 12.4. The van der Waals surface area contributed by atoms with E-state index in [4.69, 9.17) is 10.5 Å². The Morgan fingerprint density at radius 1 is 1.40 bits per heavy atom. The smallest absolute Gasteiger partial charge is 0.122 e. The van der Waals surface area contributed by atoms with Crippen molar-refractivity contribution >= 4 is 11.8 Å². The molecule has 0 amide bonds. The van der Waals surface area contributed by atoms with Crippen molar-refractivity contribution in [3.05, 3.63) is 29.8 Å². The average molecular weight is 225 g/mol. The Morgan fingerprint density at radius 3 is 2.80 bits per heavy atom. The lowest BCUT2D eigenvalue weighted by Crippen LogP contribution is -2.23. The van der Waals surface area contributed by atoms with Crippen LogP contribution in [0.5, 0.6) is 5.75 Å². The Balaban J connectivity index is 2.55. The van der Waals surface area contributed by atoms with Crippen LogP contribution in [0.2, 0.25) is 0 Å². The summed E-state index contributed by atoms with van der Waals surface area (Å²) in [5.41, 5.74) is 7.25. The van der Waals surface area contributed by atoms with Gasteiger partial charge in [-0.2, -0.15) is 11.8 Å². The lowest BCUT2D eigenvalue weighted by molar-refractivity contribution is 0.407. The highest BCUT2D eigenvalue weighted by Gasteiger charge is 2.07. The van der Waals surface area contributed by atoms with E-state index in [2.05, 4.69) is 12.3 Å². The van der Waals surface area contributed by atoms with Crippen LogP contribution in [0.1, 0.15) is 12.0 Å². The maximum Gasteiger partial charge on any atom is 0.122 e. The second-order valence-electron chi connectivity index (χ2n) is 3.56. The Hall–Kier alpha value is -0.670. The van der Waals surface area contributed by atoms with E-state index in [1.165, 1.54) is 5.56 Å². The van der Waals surface area contributed by atoms with Gasteiger partial charge in [-0.15, -0.1) is 0 Å².